The van der Waals surface area contributed by atoms with E-state index in [0.717, 1.165) is 6.20 Å². The van der Waals surface area contributed by atoms with Crippen LogP contribution in [-0.4, -0.2) is 22.1 Å². The summed E-state index contributed by atoms with van der Waals surface area (Å²) in [5.74, 6) is -2.56. The van der Waals surface area contributed by atoms with Crippen LogP contribution >= 0.6 is 11.6 Å². The Hall–Kier alpha value is -1.37. The van der Waals surface area contributed by atoms with Crippen LogP contribution < -0.4 is 5.32 Å². The quantitative estimate of drug-likeness (QED) is 0.790. The Morgan fingerprint density at radius 1 is 1.36 bits per heavy atom. The third-order valence-electron chi connectivity index (χ3n) is 1.14. The highest BCUT2D eigenvalue weighted by molar-refractivity contribution is 6.32. The van der Waals surface area contributed by atoms with E-state index in [9.17, 15) is 18.0 Å². The van der Waals surface area contributed by atoms with Crippen molar-refractivity contribution in [2.75, 3.05) is 5.32 Å². The summed E-state index contributed by atoms with van der Waals surface area (Å²) < 4.78 is 35.3. The molecule has 0 unspecified atom stereocenters. The molecular formula is C6H3ClF3N3O. The molecule has 1 heterocycles. The van der Waals surface area contributed by atoms with E-state index >= 15 is 0 Å². The number of hydrogen-bond acceptors (Lipinski definition) is 3. The first-order valence-corrected chi connectivity index (χ1v) is 3.63. The summed E-state index contributed by atoms with van der Waals surface area (Å²) in [5, 5.41) is 1.18. The Bertz CT molecular complexity index is 354. The molecule has 0 fully saturated rings. The average Bonchev–Trinajstić information content (AvgIpc) is 2.07. The maximum Gasteiger partial charge on any atom is 0.471 e. The Kier molecular flexibility index (Phi) is 2.90. The lowest BCUT2D eigenvalue weighted by Gasteiger charge is -2.06. The molecule has 14 heavy (non-hydrogen) atoms. The first kappa shape index (κ1) is 10.7. The molecule has 0 saturated heterocycles. The maximum atomic E-state index is 11.8. The maximum absolute atomic E-state index is 11.8. The molecule has 1 amide bonds. The van der Waals surface area contributed by atoms with Gasteiger partial charge in [-0.25, -0.2) is 9.97 Å². The van der Waals surface area contributed by atoms with E-state index in [1.54, 1.807) is 0 Å². The van der Waals surface area contributed by atoms with Gasteiger partial charge < -0.3 is 5.32 Å². The van der Waals surface area contributed by atoms with E-state index in [1.165, 1.54) is 11.5 Å². The summed E-state index contributed by atoms with van der Waals surface area (Å²) in [4.78, 5) is 17.3. The monoisotopic (exact) mass is 225 g/mol. The fourth-order valence-electron chi connectivity index (χ4n) is 0.583. The molecule has 1 N–H and O–H groups in total. The number of nitrogens with zero attached hydrogens (tertiary/aromatic N) is 2. The van der Waals surface area contributed by atoms with Gasteiger partial charge in [-0.1, -0.05) is 11.6 Å². The van der Waals surface area contributed by atoms with Crippen LogP contribution in [-0.2, 0) is 4.79 Å². The predicted octanol–water partition coefficient (Wildman–Crippen LogP) is 1.63. The van der Waals surface area contributed by atoms with Crippen LogP contribution in [0, 0.1) is 0 Å². The molecule has 0 saturated carbocycles. The second-order valence-corrected chi connectivity index (χ2v) is 2.51. The van der Waals surface area contributed by atoms with Crippen LogP contribution in [0.5, 0.6) is 0 Å². The minimum absolute atomic E-state index is 0.301. The molecule has 0 bridgehead atoms. The number of anilines is 1. The van der Waals surface area contributed by atoms with Crippen LogP contribution in [0.25, 0.3) is 0 Å². The van der Waals surface area contributed by atoms with E-state index in [0.29, 0.717) is 0 Å². The van der Waals surface area contributed by atoms with Crippen LogP contribution in [0.2, 0.25) is 5.15 Å². The molecule has 0 spiro atoms. The van der Waals surface area contributed by atoms with Crippen molar-refractivity contribution < 1.29 is 18.0 Å². The van der Waals surface area contributed by atoms with Gasteiger partial charge in [0.15, 0.2) is 11.0 Å². The summed E-state index contributed by atoms with van der Waals surface area (Å²) in [6.45, 7) is 0. The zero-order valence-corrected chi connectivity index (χ0v) is 7.23. The van der Waals surface area contributed by atoms with Crippen molar-refractivity contribution in [2.45, 2.75) is 6.18 Å². The number of carbonyl (C=O) groups excluding carboxylic acids is 1. The normalized spacial score (nSPS) is 11.1. The van der Waals surface area contributed by atoms with E-state index in [-0.39, 0.29) is 5.15 Å². The van der Waals surface area contributed by atoms with E-state index in [4.69, 9.17) is 11.6 Å². The molecule has 0 radical (unpaired) electrons. The van der Waals surface area contributed by atoms with Crippen LogP contribution in [0.15, 0.2) is 12.4 Å². The number of hydrogen-bond donors (Lipinski definition) is 1. The van der Waals surface area contributed by atoms with E-state index in [2.05, 4.69) is 9.97 Å². The van der Waals surface area contributed by atoms with Crippen molar-refractivity contribution in [2.24, 2.45) is 0 Å². The number of alkyl halides is 3. The topological polar surface area (TPSA) is 54.9 Å². The molecule has 0 atom stereocenters. The van der Waals surface area contributed by atoms with Crippen LogP contribution in [0.1, 0.15) is 0 Å². The molecule has 76 valence electrons. The molecule has 0 aliphatic rings. The van der Waals surface area contributed by atoms with Gasteiger partial charge in [0.05, 0.1) is 0 Å². The van der Waals surface area contributed by atoms with Crippen molar-refractivity contribution in [3.8, 4) is 0 Å². The first-order chi connectivity index (χ1) is 6.41. The fraction of sp³-hybridized carbons (Fsp3) is 0.167. The Morgan fingerprint density at radius 2 is 1.93 bits per heavy atom. The second kappa shape index (κ2) is 3.79. The van der Waals surface area contributed by atoms with Crippen molar-refractivity contribution in [1.29, 1.82) is 0 Å². The smallest absolute Gasteiger partial charge is 0.300 e. The molecule has 1 aromatic heterocycles. The van der Waals surface area contributed by atoms with E-state index in [1.807, 2.05) is 0 Å². The lowest BCUT2D eigenvalue weighted by atomic mass is 10.5. The minimum atomic E-state index is -4.97. The molecule has 0 aromatic carbocycles. The standard InChI is InChI=1S/C6H3ClF3N3O/c7-3-4(12-2-1-11-3)13-5(14)6(8,9)10/h1-2H,(H,12,13,14). The molecule has 8 heteroatoms. The number of nitrogens with one attached hydrogen (secondary N) is 1. The predicted molar refractivity (Wildman–Crippen MR) is 41.7 cm³/mol. The van der Waals surface area contributed by atoms with Gasteiger partial charge in [-0.2, -0.15) is 13.2 Å². The summed E-state index contributed by atoms with van der Waals surface area (Å²) in [6, 6.07) is 0. The number of amides is 1. The van der Waals surface area contributed by atoms with Crippen LogP contribution in [0.3, 0.4) is 0 Å². The highest BCUT2D eigenvalue weighted by Gasteiger charge is 2.39. The molecule has 1 aromatic rings. The van der Waals surface area contributed by atoms with Gasteiger partial charge in [0.25, 0.3) is 0 Å². The van der Waals surface area contributed by atoms with Gasteiger partial charge >= 0.3 is 12.1 Å². The highest BCUT2D eigenvalue weighted by Crippen LogP contribution is 2.20. The van der Waals surface area contributed by atoms with Gasteiger partial charge in [0.2, 0.25) is 0 Å². The zero-order chi connectivity index (χ0) is 10.8. The highest BCUT2D eigenvalue weighted by atomic mass is 35.5. The van der Waals surface area contributed by atoms with Crippen molar-refractivity contribution >= 4 is 23.3 Å². The molecule has 0 aliphatic heterocycles. The third-order valence-corrected chi connectivity index (χ3v) is 1.42. The Labute approximate surface area is 81.1 Å². The van der Waals surface area contributed by atoms with Gasteiger partial charge in [-0.3, -0.25) is 4.79 Å². The van der Waals surface area contributed by atoms with Gasteiger partial charge in [-0.05, 0) is 0 Å². The van der Waals surface area contributed by atoms with Gasteiger partial charge in [-0.15, -0.1) is 0 Å². The molecular weight excluding hydrogens is 223 g/mol. The lowest BCUT2D eigenvalue weighted by molar-refractivity contribution is -0.167. The average molecular weight is 226 g/mol. The summed E-state index contributed by atoms with van der Waals surface area (Å²) >= 11 is 5.36. The Balaban J connectivity index is 2.80. The SMILES string of the molecule is O=C(Nc1nccnc1Cl)C(F)(F)F. The fourth-order valence-corrected chi connectivity index (χ4v) is 0.736. The lowest BCUT2D eigenvalue weighted by Crippen LogP contribution is -2.30. The largest absolute Gasteiger partial charge is 0.471 e. The minimum Gasteiger partial charge on any atom is -0.300 e. The number of aromatic nitrogens is 2. The molecule has 4 nitrogen and oxygen atoms in total. The molecule has 1 rings (SSSR count). The van der Waals surface area contributed by atoms with Crippen molar-refractivity contribution in [3.05, 3.63) is 17.5 Å². The Morgan fingerprint density at radius 3 is 2.43 bits per heavy atom. The first-order valence-electron chi connectivity index (χ1n) is 3.26. The molecule has 0 aliphatic carbocycles. The third kappa shape index (κ3) is 2.56. The van der Waals surface area contributed by atoms with Crippen molar-refractivity contribution in [1.82, 2.24) is 9.97 Å². The second-order valence-electron chi connectivity index (χ2n) is 2.15. The summed E-state index contributed by atoms with van der Waals surface area (Å²) in [5.41, 5.74) is 0. The number of rotatable bonds is 1. The van der Waals surface area contributed by atoms with E-state index < -0.39 is 17.9 Å². The van der Waals surface area contributed by atoms with Gasteiger partial charge in [0, 0.05) is 12.4 Å². The van der Waals surface area contributed by atoms with Crippen molar-refractivity contribution in [3.63, 3.8) is 0 Å². The number of carbonyl (C=O) groups is 1. The zero-order valence-electron chi connectivity index (χ0n) is 6.47. The summed E-state index contributed by atoms with van der Waals surface area (Å²) in [6.07, 6.45) is -2.68. The van der Waals surface area contributed by atoms with Crippen LogP contribution in [0.4, 0.5) is 19.0 Å². The number of halogens is 4. The summed E-state index contributed by atoms with van der Waals surface area (Å²) in [7, 11) is 0. The van der Waals surface area contributed by atoms with Gasteiger partial charge in [0.1, 0.15) is 0 Å².